The molecule has 2 aromatic rings. The van der Waals surface area contributed by atoms with Gasteiger partial charge in [0.05, 0.1) is 5.56 Å². The van der Waals surface area contributed by atoms with Crippen molar-refractivity contribution in [1.29, 1.82) is 5.26 Å². The zero-order chi connectivity index (χ0) is 14.5. The minimum Gasteiger partial charge on any atom is -0.364 e. The van der Waals surface area contributed by atoms with Crippen molar-refractivity contribution < 1.29 is 4.79 Å². The highest BCUT2D eigenvalue weighted by atomic mass is 35.5. The zero-order valence-electron chi connectivity index (χ0n) is 10.3. The van der Waals surface area contributed by atoms with Gasteiger partial charge in [-0.2, -0.15) is 5.26 Å². The van der Waals surface area contributed by atoms with Gasteiger partial charge < -0.3 is 5.73 Å². The first-order valence-electron chi connectivity index (χ1n) is 5.68. The molecule has 0 radical (unpaired) electrons. The molecule has 0 aliphatic heterocycles. The van der Waals surface area contributed by atoms with Gasteiger partial charge in [0.2, 0.25) is 0 Å². The third-order valence-electron chi connectivity index (χ3n) is 2.52. The molecular formula is C14H10ClN3OS. The summed E-state index contributed by atoms with van der Waals surface area (Å²) in [4.78, 5) is 15.2. The first-order chi connectivity index (χ1) is 9.60. The molecule has 2 rings (SSSR count). The Bertz CT molecular complexity index is 680. The molecule has 0 saturated carbocycles. The summed E-state index contributed by atoms with van der Waals surface area (Å²) in [6.07, 6.45) is 0. The molecule has 0 bridgehead atoms. The Morgan fingerprint density at radius 2 is 2.00 bits per heavy atom. The number of aromatic nitrogens is 1. The average Bonchev–Trinajstić information content (AvgIpc) is 2.46. The van der Waals surface area contributed by atoms with Crippen LogP contribution in [-0.4, -0.2) is 10.9 Å². The molecule has 0 aliphatic rings. The zero-order valence-corrected chi connectivity index (χ0v) is 11.9. The van der Waals surface area contributed by atoms with Gasteiger partial charge in [-0.15, -0.1) is 11.8 Å². The van der Waals surface area contributed by atoms with Crippen molar-refractivity contribution in [2.75, 3.05) is 0 Å². The molecule has 0 fully saturated rings. The van der Waals surface area contributed by atoms with Crippen molar-refractivity contribution in [3.63, 3.8) is 0 Å². The Morgan fingerprint density at radius 1 is 1.30 bits per heavy atom. The van der Waals surface area contributed by atoms with Gasteiger partial charge in [-0.3, -0.25) is 4.79 Å². The standard InChI is InChI=1S/C14H10ClN3OS/c15-11-4-1-9(2-5-11)8-20-14-10(7-16)3-6-12(18-14)13(17)19/h1-6H,8H2,(H2,17,19). The Morgan fingerprint density at radius 3 is 2.60 bits per heavy atom. The maximum atomic E-state index is 11.1. The summed E-state index contributed by atoms with van der Waals surface area (Å²) in [5.74, 6) is 0.0176. The Labute approximate surface area is 125 Å². The predicted octanol–water partition coefficient (Wildman–Crippen LogP) is 3.00. The fraction of sp³-hybridized carbons (Fsp3) is 0.0714. The molecule has 1 aromatic carbocycles. The highest BCUT2D eigenvalue weighted by molar-refractivity contribution is 7.98. The van der Waals surface area contributed by atoms with E-state index in [2.05, 4.69) is 11.1 Å². The van der Waals surface area contributed by atoms with Crippen LogP contribution in [0.1, 0.15) is 21.6 Å². The summed E-state index contributed by atoms with van der Waals surface area (Å²) in [5, 5.41) is 10.2. The van der Waals surface area contributed by atoms with Crippen molar-refractivity contribution in [1.82, 2.24) is 4.98 Å². The number of carbonyl (C=O) groups is 1. The molecule has 0 spiro atoms. The molecule has 100 valence electrons. The molecule has 2 N–H and O–H groups in total. The van der Waals surface area contributed by atoms with Gasteiger partial charge in [0, 0.05) is 10.8 Å². The second kappa shape index (κ2) is 6.42. The molecule has 1 amide bonds. The number of carbonyl (C=O) groups excluding carboxylic acids is 1. The van der Waals surface area contributed by atoms with Crippen molar-refractivity contribution >= 4 is 29.3 Å². The number of nitrogens with two attached hydrogens (primary N) is 1. The summed E-state index contributed by atoms with van der Waals surface area (Å²) in [6.45, 7) is 0. The third-order valence-corrected chi connectivity index (χ3v) is 3.84. The number of amides is 1. The summed E-state index contributed by atoms with van der Waals surface area (Å²) in [5.41, 5.74) is 6.82. The van der Waals surface area contributed by atoms with Crippen LogP contribution in [0.3, 0.4) is 0 Å². The first-order valence-corrected chi connectivity index (χ1v) is 7.04. The van der Waals surface area contributed by atoms with E-state index in [0.717, 1.165) is 5.56 Å². The number of hydrogen-bond acceptors (Lipinski definition) is 4. The summed E-state index contributed by atoms with van der Waals surface area (Å²) in [6, 6.07) is 12.5. The lowest BCUT2D eigenvalue weighted by molar-refractivity contribution is 0.0995. The molecule has 0 atom stereocenters. The maximum Gasteiger partial charge on any atom is 0.267 e. The molecule has 1 aromatic heterocycles. The molecular weight excluding hydrogens is 294 g/mol. The molecule has 0 saturated heterocycles. The molecule has 0 unspecified atom stereocenters. The van der Waals surface area contributed by atoms with Crippen molar-refractivity contribution in [2.45, 2.75) is 10.8 Å². The third kappa shape index (κ3) is 3.50. The first kappa shape index (κ1) is 14.4. The smallest absolute Gasteiger partial charge is 0.267 e. The lowest BCUT2D eigenvalue weighted by Crippen LogP contribution is -2.13. The predicted molar refractivity (Wildman–Crippen MR) is 78.5 cm³/mol. The molecule has 20 heavy (non-hydrogen) atoms. The summed E-state index contributed by atoms with van der Waals surface area (Å²) < 4.78 is 0. The van der Waals surface area contributed by atoms with Crippen molar-refractivity contribution in [3.05, 3.63) is 58.2 Å². The van der Waals surface area contributed by atoms with E-state index < -0.39 is 5.91 Å². The maximum absolute atomic E-state index is 11.1. The number of benzene rings is 1. The summed E-state index contributed by atoms with van der Waals surface area (Å²) in [7, 11) is 0. The number of rotatable bonds is 4. The Kier molecular flexibility index (Phi) is 4.61. The van der Waals surface area contributed by atoms with Crippen LogP contribution in [0.25, 0.3) is 0 Å². The van der Waals surface area contributed by atoms with E-state index in [9.17, 15) is 4.79 Å². The average molecular weight is 304 g/mol. The van der Waals surface area contributed by atoms with E-state index in [1.54, 1.807) is 18.2 Å². The Balaban J connectivity index is 2.19. The number of hydrogen-bond donors (Lipinski definition) is 1. The van der Waals surface area contributed by atoms with Gasteiger partial charge in [0.15, 0.2) is 0 Å². The minimum atomic E-state index is -0.608. The van der Waals surface area contributed by atoms with Gasteiger partial charge in [-0.1, -0.05) is 23.7 Å². The number of thioether (sulfide) groups is 1. The normalized spacial score (nSPS) is 10.0. The Hall–Kier alpha value is -2.03. The largest absolute Gasteiger partial charge is 0.364 e. The number of halogens is 1. The van der Waals surface area contributed by atoms with Crippen LogP contribution in [0.5, 0.6) is 0 Å². The second-order valence-corrected chi connectivity index (χ2v) is 5.34. The number of nitrogens with zero attached hydrogens (tertiary/aromatic N) is 2. The van der Waals surface area contributed by atoms with Gasteiger partial charge >= 0.3 is 0 Å². The quantitative estimate of drug-likeness (QED) is 0.881. The van der Waals surface area contributed by atoms with Crippen LogP contribution >= 0.6 is 23.4 Å². The SMILES string of the molecule is N#Cc1ccc(C(N)=O)nc1SCc1ccc(Cl)cc1. The fourth-order valence-corrected chi connectivity index (χ4v) is 2.56. The minimum absolute atomic E-state index is 0.155. The van der Waals surface area contributed by atoms with Gasteiger partial charge in [0.1, 0.15) is 16.8 Å². The number of pyridine rings is 1. The molecule has 6 heteroatoms. The number of primary amides is 1. The summed E-state index contributed by atoms with van der Waals surface area (Å²) >= 11 is 7.20. The van der Waals surface area contributed by atoms with Crippen LogP contribution in [-0.2, 0) is 5.75 Å². The van der Waals surface area contributed by atoms with Gasteiger partial charge in [-0.05, 0) is 29.8 Å². The van der Waals surface area contributed by atoms with Crippen molar-refractivity contribution in [2.24, 2.45) is 5.73 Å². The highest BCUT2D eigenvalue weighted by Crippen LogP contribution is 2.25. The van der Waals surface area contributed by atoms with Crippen molar-refractivity contribution in [3.8, 4) is 6.07 Å². The van der Waals surface area contributed by atoms with Crippen LogP contribution in [0, 0.1) is 11.3 Å². The van der Waals surface area contributed by atoms with E-state index in [1.807, 2.05) is 12.1 Å². The van der Waals surface area contributed by atoms with Crippen LogP contribution in [0.4, 0.5) is 0 Å². The van der Waals surface area contributed by atoms with Crippen LogP contribution in [0.15, 0.2) is 41.4 Å². The van der Waals surface area contributed by atoms with E-state index in [4.69, 9.17) is 22.6 Å². The molecule has 1 heterocycles. The lowest BCUT2D eigenvalue weighted by atomic mass is 10.2. The van der Waals surface area contributed by atoms with E-state index in [0.29, 0.717) is 21.4 Å². The van der Waals surface area contributed by atoms with Gasteiger partial charge in [-0.25, -0.2) is 4.98 Å². The fourth-order valence-electron chi connectivity index (χ4n) is 1.51. The van der Waals surface area contributed by atoms with E-state index in [-0.39, 0.29) is 5.69 Å². The molecule has 4 nitrogen and oxygen atoms in total. The monoisotopic (exact) mass is 303 g/mol. The molecule has 0 aliphatic carbocycles. The van der Waals surface area contributed by atoms with E-state index in [1.165, 1.54) is 17.8 Å². The highest BCUT2D eigenvalue weighted by Gasteiger charge is 2.09. The number of nitriles is 1. The lowest BCUT2D eigenvalue weighted by Gasteiger charge is -2.05. The van der Waals surface area contributed by atoms with Gasteiger partial charge in [0.25, 0.3) is 5.91 Å². The topological polar surface area (TPSA) is 79.8 Å². The van der Waals surface area contributed by atoms with Crippen LogP contribution in [0.2, 0.25) is 5.02 Å². The van der Waals surface area contributed by atoms with Crippen LogP contribution < -0.4 is 5.73 Å². The van der Waals surface area contributed by atoms with E-state index >= 15 is 0 Å². The second-order valence-electron chi connectivity index (χ2n) is 3.94.